The van der Waals surface area contributed by atoms with E-state index in [4.69, 9.17) is 0 Å². The fourth-order valence-corrected chi connectivity index (χ4v) is 1.84. The molecule has 2 aromatic carbocycles. The topological polar surface area (TPSA) is 86.2 Å². The van der Waals surface area contributed by atoms with Gasteiger partial charge in [-0.2, -0.15) is 8.42 Å². The van der Waals surface area contributed by atoms with E-state index in [1.807, 2.05) is 0 Å². The van der Waals surface area contributed by atoms with Crippen molar-refractivity contribution in [3.8, 4) is 22.3 Å². The lowest BCUT2D eigenvalue weighted by molar-refractivity contribution is 0.599. The van der Waals surface area contributed by atoms with Gasteiger partial charge >= 0.3 is 0 Å². The first-order valence-corrected chi connectivity index (χ1v) is 6.57. The zero-order valence-corrected chi connectivity index (χ0v) is 9.81. The van der Waals surface area contributed by atoms with Crippen molar-refractivity contribution < 1.29 is 8.42 Å². The maximum Gasteiger partial charge on any atom is 0.271 e. The van der Waals surface area contributed by atoms with Crippen molar-refractivity contribution in [3.63, 3.8) is 0 Å². The minimum Gasteiger partial charge on any atom is -0.216 e. The molecule has 0 radical (unpaired) electrons. The molecule has 88 valence electrons. The smallest absolute Gasteiger partial charge is 0.216 e. The summed E-state index contributed by atoms with van der Waals surface area (Å²) in [5, 5.41) is 8.21. The Morgan fingerprint density at radius 1 is 0.647 bits per heavy atom. The molecule has 0 amide bonds. The zero-order chi connectivity index (χ0) is 12.5. The quantitative estimate of drug-likeness (QED) is 0.631. The molecule has 0 aromatic heterocycles. The largest absolute Gasteiger partial charge is 0.271 e. The molecule has 17 heavy (non-hydrogen) atoms. The number of rotatable bonds is 0. The molecule has 1 aliphatic carbocycles. The van der Waals surface area contributed by atoms with Gasteiger partial charge < -0.3 is 0 Å². The van der Waals surface area contributed by atoms with Gasteiger partial charge in [0.15, 0.2) is 0 Å². The molecular formula is C12H12N2O2S. The second-order valence-corrected chi connectivity index (χ2v) is 4.86. The third kappa shape index (κ3) is 2.71. The van der Waals surface area contributed by atoms with Crippen LogP contribution in [-0.2, 0) is 10.2 Å². The second kappa shape index (κ2) is 4.29. The fourth-order valence-electron chi connectivity index (χ4n) is 1.84. The van der Waals surface area contributed by atoms with Crippen LogP contribution in [0.5, 0.6) is 0 Å². The molecule has 0 spiro atoms. The fraction of sp³-hybridized carbons (Fsp3) is 0. The van der Waals surface area contributed by atoms with Crippen molar-refractivity contribution in [2.75, 3.05) is 0 Å². The minimum absolute atomic E-state index is 1.40. The molecule has 2 aromatic rings. The maximum absolute atomic E-state index is 9.19. The minimum atomic E-state index is -3.67. The lowest BCUT2D eigenvalue weighted by Gasteiger charge is -2.22. The molecule has 0 saturated carbocycles. The molecule has 4 nitrogen and oxygen atoms in total. The number of hydrogen-bond donors (Lipinski definition) is 2. The molecule has 4 N–H and O–H groups in total. The van der Waals surface area contributed by atoms with E-state index in [-0.39, 0.29) is 0 Å². The Bertz CT molecular complexity index is 543. The molecule has 5 heteroatoms. The average Bonchev–Trinajstić information content (AvgIpc) is 2.23. The predicted molar refractivity (Wildman–Crippen MR) is 68.2 cm³/mol. The van der Waals surface area contributed by atoms with Gasteiger partial charge in [-0.25, -0.2) is 10.3 Å². The van der Waals surface area contributed by atoms with Gasteiger partial charge in [0, 0.05) is 0 Å². The second-order valence-electron chi connectivity index (χ2n) is 3.68. The Labute approximate surface area is 100 Å². The van der Waals surface area contributed by atoms with Crippen LogP contribution in [0.2, 0.25) is 0 Å². The molecule has 3 rings (SSSR count). The third-order valence-electron chi connectivity index (χ3n) is 2.43. The van der Waals surface area contributed by atoms with E-state index < -0.39 is 10.2 Å². The van der Waals surface area contributed by atoms with Gasteiger partial charge in [0.1, 0.15) is 0 Å². The summed E-state index contributed by atoms with van der Waals surface area (Å²) in [6, 6.07) is 17.1. The summed E-state index contributed by atoms with van der Waals surface area (Å²) < 4.78 is 18.4. The van der Waals surface area contributed by atoms with Gasteiger partial charge in [-0.15, -0.1) is 0 Å². The van der Waals surface area contributed by atoms with Crippen LogP contribution in [0.1, 0.15) is 0 Å². The van der Waals surface area contributed by atoms with Crippen molar-refractivity contribution in [2.45, 2.75) is 0 Å². The summed E-state index contributed by atoms with van der Waals surface area (Å²) in [4.78, 5) is 0. The highest BCUT2D eigenvalue weighted by atomic mass is 32.2. The van der Waals surface area contributed by atoms with Crippen LogP contribution in [0, 0.1) is 0 Å². The van der Waals surface area contributed by atoms with Crippen LogP contribution < -0.4 is 10.3 Å². The highest BCUT2D eigenvalue weighted by Crippen LogP contribution is 2.46. The highest BCUT2D eigenvalue weighted by molar-refractivity contribution is 7.86. The van der Waals surface area contributed by atoms with Crippen LogP contribution in [0.3, 0.4) is 0 Å². The van der Waals surface area contributed by atoms with Crippen molar-refractivity contribution in [3.05, 3.63) is 48.5 Å². The van der Waals surface area contributed by atoms with Crippen LogP contribution in [-0.4, -0.2) is 8.42 Å². The van der Waals surface area contributed by atoms with E-state index in [1.54, 1.807) is 0 Å². The summed E-state index contributed by atoms with van der Waals surface area (Å²) >= 11 is 0. The zero-order valence-electron chi connectivity index (χ0n) is 9.00. The molecule has 1 aliphatic rings. The van der Waals surface area contributed by atoms with Crippen LogP contribution in [0.15, 0.2) is 48.5 Å². The summed E-state index contributed by atoms with van der Waals surface area (Å²) in [6.07, 6.45) is 0. The first-order valence-electron chi connectivity index (χ1n) is 4.96. The Hall–Kier alpha value is -1.69. The van der Waals surface area contributed by atoms with Crippen molar-refractivity contribution in [1.29, 1.82) is 0 Å². The summed E-state index contributed by atoms with van der Waals surface area (Å²) in [5.74, 6) is 0. The third-order valence-corrected chi connectivity index (χ3v) is 2.43. The predicted octanol–water partition coefficient (Wildman–Crippen LogP) is 1.48. The van der Waals surface area contributed by atoms with Gasteiger partial charge in [-0.3, -0.25) is 0 Å². The number of fused-ring (bicyclic) bond motifs is 4. The van der Waals surface area contributed by atoms with Crippen molar-refractivity contribution >= 4 is 10.2 Å². The molecule has 0 saturated heterocycles. The van der Waals surface area contributed by atoms with E-state index in [2.05, 4.69) is 58.8 Å². The number of nitrogens with two attached hydrogens (primary N) is 2. The Balaban J connectivity index is 0.000000188. The van der Waals surface area contributed by atoms with Gasteiger partial charge in [0.25, 0.3) is 10.2 Å². The normalized spacial score (nSPS) is 11.4. The van der Waals surface area contributed by atoms with Gasteiger partial charge in [-0.1, -0.05) is 48.5 Å². The molecule has 0 bridgehead atoms. The van der Waals surface area contributed by atoms with Crippen LogP contribution in [0.4, 0.5) is 0 Å². The van der Waals surface area contributed by atoms with Crippen LogP contribution in [0.25, 0.3) is 22.3 Å². The Morgan fingerprint density at radius 3 is 1.00 bits per heavy atom. The van der Waals surface area contributed by atoms with Crippen LogP contribution >= 0.6 is 0 Å². The van der Waals surface area contributed by atoms with Gasteiger partial charge in [0.05, 0.1) is 0 Å². The monoisotopic (exact) mass is 248 g/mol. The molecule has 0 heterocycles. The molecule has 0 fully saturated rings. The van der Waals surface area contributed by atoms with Crippen molar-refractivity contribution in [1.82, 2.24) is 0 Å². The SMILES string of the molecule is NS(N)(=O)=O.c1ccc2c(c1)-c1ccccc1-2. The van der Waals surface area contributed by atoms with E-state index in [9.17, 15) is 8.42 Å². The Kier molecular flexibility index (Phi) is 2.97. The molecule has 0 aliphatic heterocycles. The van der Waals surface area contributed by atoms with E-state index in [1.165, 1.54) is 22.3 Å². The summed E-state index contributed by atoms with van der Waals surface area (Å²) in [6.45, 7) is 0. The summed E-state index contributed by atoms with van der Waals surface area (Å²) in [5.41, 5.74) is 5.59. The number of hydrogen-bond acceptors (Lipinski definition) is 2. The highest BCUT2D eigenvalue weighted by Gasteiger charge is 2.19. The van der Waals surface area contributed by atoms with E-state index >= 15 is 0 Å². The molecular weight excluding hydrogens is 236 g/mol. The van der Waals surface area contributed by atoms with E-state index in [0.29, 0.717) is 0 Å². The first kappa shape index (κ1) is 11.8. The maximum atomic E-state index is 9.19. The lowest BCUT2D eigenvalue weighted by Crippen LogP contribution is -2.21. The van der Waals surface area contributed by atoms with Gasteiger partial charge in [-0.05, 0) is 22.3 Å². The average molecular weight is 248 g/mol. The van der Waals surface area contributed by atoms with E-state index in [0.717, 1.165) is 0 Å². The standard InChI is InChI=1S/C12H8.H4N2O2S/c1-2-6-10-9(5-1)11-7-3-4-8-12(10)11;1-5(2,3)4/h1-8H;(H4,1,2,3,4). The Morgan fingerprint density at radius 2 is 0.824 bits per heavy atom. The summed E-state index contributed by atoms with van der Waals surface area (Å²) in [7, 11) is -3.67. The molecule has 0 unspecified atom stereocenters. The molecule has 0 atom stereocenters. The lowest BCUT2D eigenvalue weighted by atomic mass is 9.81. The van der Waals surface area contributed by atoms with Gasteiger partial charge in [0.2, 0.25) is 0 Å². The number of benzene rings is 2. The first-order chi connectivity index (χ1) is 7.97. The van der Waals surface area contributed by atoms with Crippen molar-refractivity contribution in [2.24, 2.45) is 10.3 Å².